The van der Waals surface area contributed by atoms with Crippen molar-refractivity contribution in [1.29, 1.82) is 0 Å². The molecule has 0 radical (unpaired) electrons. The second kappa shape index (κ2) is 9.16. The van der Waals surface area contributed by atoms with Crippen LogP contribution in [0.5, 0.6) is 0 Å². The first-order chi connectivity index (χ1) is 8.08. The summed E-state index contributed by atoms with van der Waals surface area (Å²) in [7, 11) is 0. The van der Waals surface area contributed by atoms with Crippen LogP contribution < -0.4 is 16.0 Å². The maximum absolute atomic E-state index is 11.5. The van der Waals surface area contributed by atoms with Crippen LogP contribution in [-0.4, -0.2) is 37.5 Å². The van der Waals surface area contributed by atoms with Crippen LogP contribution in [-0.2, 0) is 9.59 Å². The average molecular weight is 278 g/mol. The van der Waals surface area contributed by atoms with E-state index < -0.39 is 0 Å². The zero-order valence-corrected chi connectivity index (χ0v) is 11.9. The molecule has 1 rings (SSSR count). The van der Waals surface area contributed by atoms with Gasteiger partial charge in [0.15, 0.2) is 0 Å². The van der Waals surface area contributed by atoms with Crippen LogP contribution in [0.15, 0.2) is 0 Å². The zero-order chi connectivity index (χ0) is 12.7. The zero-order valence-electron chi connectivity index (χ0n) is 11.1. The molecule has 0 aromatic rings. The van der Waals surface area contributed by atoms with Gasteiger partial charge in [-0.2, -0.15) is 0 Å². The fourth-order valence-electron chi connectivity index (χ4n) is 1.93. The SMILES string of the molecule is CC(C)NC(=O)CCNC(=O)CC1CCNC1.Cl. The van der Waals surface area contributed by atoms with Gasteiger partial charge in [-0.05, 0) is 39.3 Å². The minimum atomic E-state index is -0.0113. The first kappa shape index (κ1) is 17.2. The number of rotatable bonds is 6. The Balaban J connectivity index is 0.00000289. The van der Waals surface area contributed by atoms with Crippen LogP contribution >= 0.6 is 12.4 Å². The Morgan fingerprint density at radius 2 is 2.06 bits per heavy atom. The maximum atomic E-state index is 11.5. The molecule has 0 aromatic carbocycles. The van der Waals surface area contributed by atoms with E-state index in [0.29, 0.717) is 25.3 Å². The molecule has 0 bridgehead atoms. The van der Waals surface area contributed by atoms with E-state index in [4.69, 9.17) is 0 Å². The van der Waals surface area contributed by atoms with Crippen molar-refractivity contribution < 1.29 is 9.59 Å². The summed E-state index contributed by atoms with van der Waals surface area (Å²) in [5.41, 5.74) is 0. The van der Waals surface area contributed by atoms with E-state index in [1.54, 1.807) is 0 Å². The Kier molecular flexibility index (Phi) is 8.75. The largest absolute Gasteiger partial charge is 0.356 e. The lowest BCUT2D eigenvalue weighted by Crippen LogP contribution is -2.34. The molecular formula is C12H24ClN3O2. The van der Waals surface area contributed by atoms with Crippen LogP contribution in [0.4, 0.5) is 0 Å². The second-order valence-corrected chi connectivity index (χ2v) is 4.89. The molecular weight excluding hydrogens is 254 g/mol. The molecule has 1 aliphatic heterocycles. The van der Waals surface area contributed by atoms with E-state index in [0.717, 1.165) is 19.5 Å². The number of carbonyl (C=O) groups is 2. The van der Waals surface area contributed by atoms with Crippen LogP contribution in [0.3, 0.4) is 0 Å². The van der Waals surface area contributed by atoms with Crippen molar-refractivity contribution >= 4 is 24.2 Å². The monoisotopic (exact) mass is 277 g/mol. The van der Waals surface area contributed by atoms with Crippen molar-refractivity contribution in [2.24, 2.45) is 5.92 Å². The first-order valence-corrected chi connectivity index (χ1v) is 6.34. The molecule has 0 spiro atoms. The van der Waals surface area contributed by atoms with E-state index in [1.165, 1.54) is 0 Å². The number of carbonyl (C=O) groups excluding carboxylic acids is 2. The van der Waals surface area contributed by atoms with E-state index >= 15 is 0 Å². The van der Waals surface area contributed by atoms with E-state index in [-0.39, 0.29) is 30.3 Å². The molecule has 0 saturated carbocycles. The van der Waals surface area contributed by atoms with Crippen LogP contribution in [0, 0.1) is 5.92 Å². The Morgan fingerprint density at radius 1 is 1.33 bits per heavy atom. The summed E-state index contributed by atoms with van der Waals surface area (Å²) in [6.45, 7) is 6.21. The van der Waals surface area contributed by atoms with Crippen molar-refractivity contribution in [2.75, 3.05) is 19.6 Å². The summed E-state index contributed by atoms with van der Waals surface area (Å²) in [6, 6.07) is 0.155. The third-order valence-corrected chi connectivity index (χ3v) is 2.76. The van der Waals surface area contributed by atoms with Gasteiger partial charge in [-0.3, -0.25) is 9.59 Å². The number of nitrogens with one attached hydrogen (secondary N) is 3. The molecule has 1 atom stereocenters. The molecule has 0 aromatic heterocycles. The molecule has 1 fully saturated rings. The van der Waals surface area contributed by atoms with E-state index in [2.05, 4.69) is 16.0 Å². The van der Waals surface area contributed by atoms with Crippen LogP contribution in [0.1, 0.15) is 33.1 Å². The molecule has 2 amide bonds. The molecule has 3 N–H and O–H groups in total. The number of hydrogen-bond acceptors (Lipinski definition) is 3. The summed E-state index contributed by atoms with van der Waals surface area (Å²) < 4.78 is 0. The van der Waals surface area contributed by atoms with Crippen molar-refractivity contribution in [3.8, 4) is 0 Å². The summed E-state index contributed by atoms with van der Waals surface area (Å²) in [6.07, 6.45) is 1.99. The van der Waals surface area contributed by atoms with Gasteiger partial charge < -0.3 is 16.0 Å². The van der Waals surface area contributed by atoms with E-state index in [9.17, 15) is 9.59 Å². The summed E-state index contributed by atoms with van der Waals surface area (Å²) in [5, 5.41) is 8.80. The first-order valence-electron chi connectivity index (χ1n) is 6.34. The molecule has 0 aliphatic carbocycles. The fourth-order valence-corrected chi connectivity index (χ4v) is 1.93. The minimum Gasteiger partial charge on any atom is -0.356 e. The normalized spacial score (nSPS) is 18.3. The third kappa shape index (κ3) is 7.50. The standard InChI is InChI=1S/C12H23N3O2.ClH/c1-9(2)15-11(16)4-6-14-12(17)7-10-3-5-13-8-10;/h9-10,13H,3-8H2,1-2H3,(H,14,17)(H,15,16);1H. The molecule has 1 saturated heterocycles. The molecule has 1 aliphatic rings. The van der Waals surface area contributed by atoms with Gasteiger partial charge in [0.1, 0.15) is 0 Å². The summed E-state index contributed by atoms with van der Waals surface area (Å²) in [4.78, 5) is 22.8. The maximum Gasteiger partial charge on any atom is 0.221 e. The number of halogens is 1. The Labute approximate surface area is 115 Å². The summed E-state index contributed by atoms with van der Waals surface area (Å²) in [5.74, 6) is 0.498. The molecule has 1 heterocycles. The predicted molar refractivity (Wildman–Crippen MR) is 73.7 cm³/mol. The fraction of sp³-hybridized carbons (Fsp3) is 0.833. The lowest BCUT2D eigenvalue weighted by molar-refractivity contribution is -0.123. The highest BCUT2D eigenvalue weighted by Crippen LogP contribution is 2.11. The Hall–Kier alpha value is -0.810. The molecule has 18 heavy (non-hydrogen) atoms. The third-order valence-electron chi connectivity index (χ3n) is 2.76. The van der Waals surface area contributed by atoms with Gasteiger partial charge in [-0.1, -0.05) is 0 Å². The van der Waals surface area contributed by atoms with Gasteiger partial charge in [0.05, 0.1) is 0 Å². The van der Waals surface area contributed by atoms with Gasteiger partial charge in [0.2, 0.25) is 11.8 Å². The highest BCUT2D eigenvalue weighted by molar-refractivity contribution is 5.85. The lowest BCUT2D eigenvalue weighted by atomic mass is 10.0. The molecule has 5 nitrogen and oxygen atoms in total. The highest BCUT2D eigenvalue weighted by Gasteiger charge is 2.17. The molecule has 106 valence electrons. The van der Waals surface area contributed by atoms with Gasteiger partial charge in [0.25, 0.3) is 0 Å². The van der Waals surface area contributed by atoms with Gasteiger partial charge in [0, 0.05) is 25.4 Å². The van der Waals surface area contributed by atoms with Gasteiger partial charge in [-0.25, -0.2) is 0 Å². The quantitative estimate of drug-likeness (QED) is 0.660. The average Bonchev–Trinajstić information content (AvgIpc) is 2.69. The van der Waals surface area contributed by atoms with Crippen LogP contribution in [0.2, 0.25) is 0 Å². The lowest BCUT2D eigenvalue weighted by Gasteiger charge is -2.10. The van der Waals surface area contributed by atoms with E-state index in [1.807, 2.05) is 13.8 Å². The number of amides is 2. The second-order valence-electron chi connectivity index (χ2n) is 4.89. The Morgan fingerprint density at radius 3 is 2.61 bits per heavy atom. The van der Waals surface area contributed by atoms with Gasteiger partial charge in [-0.15, -0.1) is 12.4 Å². The van der Waals surface area contributed by atoms with Crippen LogP contribution in [0.25, 0.3) is 0 Å². The molecule has 1 unspecified atom stereocenters. The highest BCUT2D eigenvalue weighted by atomic mass is 35.5. The predicted octanol–water partition coefficient (Wildman–Crippen LogP) is 0.439. The number of hydrogen-bond donors (Lipinski definition) is 3. The van der Waals surface area contributed by atoms with Crippen molar-refractivity contribution in [3.05, 3.63) is 0 Å². The Bertz CT molecular complexity index is 266. The van der Waals surface area contributed by atoms with Crippen molar-refractivity contribution in [2.45, 2.75) is 39.2 Å². The minimum absolute atomic E-state index is 0. The summed E-state index contributed by atoms with van der Waals surface area (Å²) >= 11 is 0. The molecule has 6 heteroatoms. The smallest absolute Gasteiger partial charge is 0.221 e. The van der Waals surface area contributed by atoms with Gasteiger partial charge >= 0.3 is 0 Å². The topological polar surface area (TPSA) is 70.2 Å². The van der Waals surface area contributed by atoms with Crippen molar-refractivity contribution in [1.82, 2.24) is 16.0 Å². The van der Waals surface area contributed by atoms with Crippen molar-refractivity contribution in [3.63, 3.8) is 0 Å².